The molecule has 0 atom stereocenters. The number of hydrogen-bond acceptors (Lipinski definition) is 3. The van der Waals surface area contributed by atoms with Crippen LogP contribution in [0.15, 0.2) is 36.8 Å². The molecule has 5 nitrogen and oxygen atoms in total. The zero-order chi connectivity index (χ0) is 11.5. The molecule has 0 fully saturated rings. The molecule has 0 amide bonds. The number of aromatic carboxylic acids is 1. The second kappa shape index (κ2) is 3.87. The van der Waals surface area contributed by atoms with Crippen molar-refractivity contribution in [2.45, 2.75) is 0 Å². The molecule has 16 heavy (non-hydrogen) atoms. The van der Waals surface area contributed by atoms with Crippen molar-refractivity contribution in [2.24, 2.45) is 0 Å². The molecule has 2 aromatic heterocycles. The normalized spacial score (nSPS) is 9.69. The number of rotatable bonds is 2. The van der Waals surface area contributed by atoms with Crippen molar-refractivity contribution in [3.63, 3.8) is 0 Å². The van der Waals surface area contributed by atoms with Gasteiger partial charge in [-0.2, -0.15) is 5.26 Å². The van der Waals surface area contributed by atoms with Gasteiger partial charge in [-0.05, 0) is 18.2 Å². The molecular weight excluding hydrogens is 206 g/mol. The lowest BCUT2D eigenvalue weighted by Gasteiger charge is -2.07. The van der Waals surface area contributed by atoms with Gasteiger partial charge in [-0.15, -0.1) is 0 Å². The van der Waals surface area contributed by atoms with E-state index < -0.39 is 5.97 Å². The molecule has 0 spiro atoms. The van der Waals surface area contributed by atoms with Gasteiger partial charge in [0.1, 0.15) is 11.8 Å². The van der Waals surface area contributed by atoms with Crippen molar-refractivity contribution < 1.29 is 9.90 Å². The van der Waals surface area contributed by atoms with Crippen LogP contribution in [0.5, 0.6) is 0 Å². The fraction of sp³-hybridized carbons (Fsp3) is 0. The molecular formula is C11H7N3O2. The maximum Gasteiger partial charge on any atom is 0.337 e. The Hall–Kier alpha value is -2.61. The minimum Gasteiger partial charge on any atom is -0.478 e. The zero-order valence-corrected chi connectivity index (χ0v) is 8.16. The topological polar surface area (TPSA) is 78.9 Å². The summed E-state index contributed by atoms with van der Waals surface area (Å²) in [6, 6.07) is 6.67. The first-order chi connectivity index (χ1) is 7.74. The largest absolute Gasteiger partial charge is 0.478 e. The number of pyridine rings is 1. The van der Waals surface area contributed by atoms with Crippen molar-refractivity contribution in [3.05, 3.63) is 48.0 Å². The molecule has 0 radical (unpaired) electrons. The monoisotopic (exact) mass is 213 g/mol. The Morgan fingerprint density at radius 2 is 2.31 bits per heavy atom. The summed E-state index contributed by atoms with van der Waals surface area (Å²) in [4.78, 5) is 14.9. The van der Waals surface area contributed by atoms with E-state index in [2.05, 4.69) is 4.98 Å². The Morgan fingerprint density at radius 3 is 3.00 bits per heavy atom. The lowest BCUT2D eigenvalue weighted by molar-refractivity contribution is 0.0697. The molecule has 0 aliphatic carbocycles. The van der Waals surface area contributed by atoms with Crippen LogP contribution in [0.3, 0.4) is 0 Å². The number of nitriles is 1. The van der Waals surface area contributed by atoms with Gasteiger partial charge < -0.3 is 9.67 Å². The van der Waals surface area contributed by atoms with Gasteiger partial charge >= 0.3 is 5.97 Å². The SMILES string of the molecule is N#Cc1cccn1-c1cnccc1C(=O)O. The van der Waals surface area contributed by atoms with Crippen molar-refractivity contribution in [2.75, 3.05) is 0 Å². The quantitative estimate of drug-likeness (QED) is 0.818. The standard InChI is InChI=1S/C11H7N3O2/c12-6-8-2-1-5-14(8)10-7-13-4-3-9(10)11(15)16/h1-5,7H,(H,15,16). The van der Waals surface area contributed by atoms with E-state index in [-0.39, 0.29) is 5.56 Å². The fourth-order valence-corrected chi connectivity index (χ4v) is 1.44. The summed E-state index contributed by atoms with van der Waals surface area (Å²) in [6.45, 7) is 0. The smallest absolute Gasteiger partial charge is 0.337 e. The highest BCUT2D eigenvalue weighted by Crippen LogP contribution is 2.15. The van der Waals surface area contributed by atoms with Crippen LogP contribution in [0, 0.1) is 11.3 Å². The van der Waals surface area contributed by atoms with E-state index in [9.17, 15) is 4.79 Å². The first-order valence-corrected chi connectivity index (χ1v) is 4.49. The van der Waals surface area contributed by atoms with E-state index in [1.54, 1.807) is 18.3 Å². The number of carbonyl (C=O) groups is 1. The first-order valence-electron chi connectivity index (χ1n) is 4.49. The summed E-state index contributed by atoms with van der Waals surface area (Å²) in [5, 5.41) is 17.9. The fourth-order valence-electron chi connectivity index (χ4n) is 1.44. The Balaban J connectivity index is 2.66. The van der Waals surface area contributed by atoms with Crippen LogP contribution in [-0.4, -0.2) is 20.6 Å². The van der Waals surface area contributed by atoms with Gasteiger partial charge in [-0.25, -0.2) is 4.79 Å². The molecule has 0 aromatic carbocycles. The van der Waals surface area contributed by atoms with E-state index >= 15 is 0 Å². The van der Waals surface area contributed by atoms with Crippen molar-refractivity contribution >= 4 is 5.97 Å². The van der Waals surface area contributed by atoms with Crippen LogP contribution in [0.25, 0.3) is 5.69 Å². The third kappa shape index (κ3) is 1.53. The molecule has 0 bridgehead atoms. The number of carboxylic acid groups (broad SMARTS) is 1. The molecule has 0 aliphatic rings. The number of nitrogens with zero attached hydrogens (tertiary/aromatic N) is 3. The minimum atomic E-state index is -1.05. The van der Waals surface area contributed by atoms with Crippen LogP contribution >= 0.6 is 0 Å². The van der Waals surface area contributed by atoms with Crippen LogP contribution in [-0.2, 0) is 0 Å². The highest BCUT2D eigenvalue weighted by molar-refractivity contribution is 5.91. The average molecular weight is 213 g/mol. The molecule has 2 aromatic rings. The first kappa shape index (κ1) is 9.93. The summed E-state index contributed by atoms with van der Waals surface area (Å²) < 4.78 is 1.50. The van der Waals surface area contributed by atoms with E-state index in [0.717, 1.165) is 0 Å². The molecule has 0 unspecified atom stereocenters. The van der Waals surface area contributed by atoms with E-state index in [1.807, 2.05) is 6.07 Å². The molecule has 2 rings (SSSR count). The number of carboxylic acids is 1. The van der Waals surface area contributed by atoms with Gasteiger partial charge in [0, 0.05) is 12.4 Å². The third-order valence-corrected chi connectivity index (χ3v) is 2.15. The number of aromatic nitrogens is 2. The van der Waals surface area contributed by atoms with Crippen LogP contribution in [0.2, 0.25) is 0 Å². The number of hydrogen-bond donors (Lipinski definition) is 1. The van der Waals surface area contributed by atoms with Crippen LogP contribution < -0.4 is 0 Å². The summed E-state index contributed by atoms with van der Waals surface area (Å²) in [6.07, 6.45) is 4.45. The third-order valence-electron chi connectivity index (χ3n) is 2.15. The van der Waals surface area contributed by atoms with Crippen molar-refractivity contribution in [1.29, 1.82) is 5.26 Å². The molecule has 0 saturated heterocycles. The molecule has 78 valence electrons. The van der Waals surface area contributed by atoms with E-state index in [1.165, 1.54) is 23.0 Å². The maximum absolute atomic E-state index is 11.0. The van der Waals surface area contributed by atoms with E-state index in [0.29, 0.717) is 11.4 Å². The van der Waals surface area contributed by atoms with Gasteiger partial charge in [0.05, 0.1) is 17.4 Å². The predicted molar refractivity (Wildman–Crippen MR) is 55.2 cm³/mol. The Morgan fingerprint density at radius 1 is 1.50 bits per heavy atom. The predicted octanol–water partition coefficient (Wildman–Crippen LogP) is 1.44. The maximum atomic E-state index is 11.0. The minimum absolute atomic E-state index is 0.114. The molecule has 5 heteroatoms. The zero-order valence-electron chi connectivity index (χ0n) is 8.16. The highest BCUT2D eigenvalue weighted by Gasteiger charge is 2.12. The average Bonchev–Trinajstić information content (AvgIpc) is 2.76. The second-order valence-electron chi connectivity index (χ2n) is 3.07. The molecule has 1 N–H and O–H groups in total. The Kier molecular flexibility index (Phi) is 2.40. The van der Waals surface area contributed by atoms with Gasteiger partial charge in [-0.1, -0.05) is 0 Å². The van der Waals surface area contributed by atoms with Crippen LogP contribution in [0.4, 0.5) is 0 Å². The van der Waals surface area contributed by atoms with Gasteiger partial charge in [0.2, 0.25) is 0 Å². The van der Waals surface area contributed by atoms with Gasteiger partial charge in [-0.3, -0.25) is 4.98 Å². The van der Waals surface area contributed by atoms with Crippen molar-refractivity contribution in [1.82, 2.24) is 9.55 Å². The lowest BCUT2D eigenvalue weighted by Crippen LogP contribution is -2.06. The Labute approximate surface area is 91.2 Å². The van der Waals surface area contributed by atoms with E-state index in [4.69, 9.17) is 10.4 Å². The lowest BCUT2D eigenvalue weighted by atomic mass is 10.2. The summed E-state index contributed by atoms with van der Waals surface area (Å²) in [5.74, 6) is -1.05. The van der Waals surface area contributed by atoms with Crippen molar-refractivity contribution in [3.8, 4) is 11.8 Å². The summed E-state index contributed by atoms with van der Waals surface area (Å²) >= 11 is 0. The second-order valence-corrected chi connectivity index (χ2v) is 3.07. The highest BCUT2D eigenvalue weighted by atomic mass is 16.4. The Bertz CT molecular complexity index is 581. The molecule has 2 heterocycles. The molecule has 0 saturated carbocycles. The van der Waals surface area contributed by atoms with Gasteiger partial charge in [0.15, 0.2) is 0 Å². The molecule has 0 aliphatic heterocycles. The van der Waals surface area contributed by atoms with Crippen LogP contribution in [0.1, 0.15) is 16.1 Å². The van der Waals surface area contributed by atoms with Gasteiger partial charge in [0.25, 0.3) is 0 Å². The summed E-state index contributed by atoms with van der Waals surface area (Å²) in [7, 11) is 0. The summed E-state index contributed by atoms with van der Waals surface area (Å²) in [5.41, 5.74) is 0.870.